The van der Waals surface area contributed by atoms with E-state index >= 15 is 0 Å². The summed E-state index contributed by atoms with van der Waals surface area (Å²) >= 11 is 0. The summed E-state index contributed by atoms with van der Waals surface area (Å²) in [4.78, 5) is 35.9. The molecule has 4 rings (SSSR count). The number of carbonyl (C=O) groups is 3. The summed E-state index contributed by atoms with van der Waals surface area (Å²) < 4.78 is 18.9. The number of aryl methyl sites for hydroxylation is 1. The zero-order chi connectivity index (χ0) is 22.0. The lowest BCUT2D eigenvalue weighted by atomic mass is 10.1. The second-order valence-corrected chi connectivity index (χ2v) is 7.49. The van der Waals surface area contributed by atoms with E-state index in [4.69, 9.17) is 14.2 Å². The van der Waals surface area contributed by atoms with Gasteiger partial charge >= 0.3 is 5.97 Å². The molecular formula is C22H23N3O6. The minimum Gasteiger partial charge on any atom is -0.486 e. The highest BCUT2D eigenvalue weighted by Gasteiger charge is 2.25. The SMILES string of the molecule is Cc1cc(C(=O)COC(=O)C2=NNC(=O)CC2)c(C)n1C[C@@H]1COc2ccccc2O1. The van der Waals surface area contributed by atoms with Gasteiger partial charge in [-0.15, -0.1) is 0 Å². The van der Waals surface area contributed by atoms with E-state index in [0.29, 0.717) is 24.5 Å². The number of hydrazone groups is 1. The molecule has 1 aromatic heterocycles. The molecule has 31 heavy (non-hydrogen) atoms. The summed E-state index contributed by atoms with van der Waals surface area (Å²) in [7, 11) is 0. The van der Waals surface area contributed by atoms with Crippen LogP contribution in [-0.2, 0) is 20.9 Å². The smallest absolute Gasteiger partial charge is 0.354 e. The van der Waals surface area contributed by atoms with Gasteiger partial charge in [0.1, 0.15) is 12.3 Å². The third kappa shape index (κ3) is 4.45. The van der Waals surface area contributed by atoms with Crippen LogP contribution in [0.2, 0.25) is 0 Å². The molecule has 3 heterocycles. The molecular weight excluding hydrogens is 402 g/mol. The fraction of sp³-hybridized carbons (Fsp3) is 0.364. The average molecular weight is 425 g/mol. The largest absolute Gasteiger partial charge is 0.486 e. The van der Waals surface area contributed by atoms with Gasteiger partial charge in [0.2, 0.25) is 11.7 Å². The second-order valence-electron chi connectivity index (χ2n) is 7.49. The van der Waals surface area contributed by atoms with Gasteiger partial charge < -0.3 is 18.8 Å². The monoisotopic (exact) mass is 425 g/mol. The van der Waals surface area contributed by atoms with Crippen molar-refractivity contribution in [2.75, 3.05) is 13.2 Å². The highest BCUT2D eigenvalue weighted by molar-refractivity contribution is 6.37. The number of para-hydroxylation sites is 2. The van der Waals surface area contributed by atoms with Crippen LogP contribution in [0.3, 0.4) is 0 Å². The van der Waals surface area contributed by atoms with E-state index in [0.717, 1.165) is 17.1 Å². The lowest BCUT2D eigenvalue weighted by molar-refractivity contribution is -0.134. The molecule has 1 amide bonds. The van der Waals surface area contributed by atoms with E-state index in [-0.39, 0.29) is 36.3 Å². The molecule has 0 saturated carbocycles. The van der Waals surface area contributed by atoms with E-state index in [1.807, 2.05) is 42.7 Å². The summed E-state index contributed by atoms with van der Waals surface area (Å²) in [6.45, 7) is 4.29. The number of hydrogen-bond acceptors (Lipinski definition) is 7. The zero-order valence-corrected chi connectivity index (χ0v) is 17.3. The van der Waals surface area contributed by atoms with Crippen LogP contribution >= 0.6 is 0 Å². The van der Waals surface area contributed by atoms with Crippen LogP contribution in [0.4, 0.5) is 0 Å². The number of benzene rings is 1. The molecule has 1 aromatic carbocycles. The average Bonchev–Trinajstić information content (AvgIpc) is 3.06. The molecule has 9 nitrogen and oxygen atoms in total. The number of Topliss-reactive ketones (excluding diaryl/α,β-unsaturated/α-hetero) is 1. The standard InChI is InChI=1S/C22H23N3O6/c1-13-9-16(18(26)12-30-22(28)17-7-8-21(27)24-23-17)14(2)25(13)10-15-11-29-19-5-3-4-6-20(19)31-15/h3-6,9,15H,7-8,10-12H2,1-2H3,(H,24,27)/t15-/m1/s1. The third-order valence-electron chi connectivity index (χ3n) is 5.30. The minimum atomic E-state index is -0.700. The number of hydrogen-bond donors (Lipinski definition) is 1. The highest BCUT2D eigenvalue weighted by Crippen LogP contribution is 2.31. The topological polar surface area (TPSA) is 108 Å². The van der Waals surface area contributed by atoms with Gasteiger partial charge in [-0.1, -0.05) is 12.1 Å². The molecule has 0 radical (unpaired) electrons. The number of nitrogens with one attached hydrogen (secondary N) is 1. The van der Waals surface area contributed by atoms with Crippen molar-refractivity contribution in [1.82, 2.24) is 9.99 Å². The summed E-state index contributed by atoms with van der Waals surface area (Å²) in [5, 5.41) is 3.68. The number of amides is 1. The summed E-state index contributed by atoms with van der Waals surface area (Å²) in [6.07, 6.45) is 0.167. The van der Waals surface area contributed by atoms with E-state index in [9.17, 15) is 14.4 Å². The number of carbonyl (C=O) groups excluding carboxylic acids is 3. The molecule has 0 fully saturated rings. The predicted molar refractivity (Wildman–Crippen MR) is 110 cm³/mol. The van der Waals surface area contributed by atoms with Crippen LogP contribution in [0.15, 0.2) is 35.4 Å². The fourth-order valence-corrected chi connectivity index (χ4v) is 3.63. The number of ketones is 1. The van der Waals surface area contributed by atoms with Crippen molar-refractivity contribution in [2.24, 2.45) is 5.10 Å². The minimum absolute atomic E-state index is 0.104. The van der Waals surface area contributed by atoms with Gasteiger partial charge in [0.25, 0.3) is 0 Å². The molecule has 1 atom stereocenters. The molecule has 2 aliphatic rings. The van der Waals surface area contributed by atoms with Gasteiger partial charge in [-0.25, -0.2) is 10.2 Å². The number of aromatic nitrogens is 1. The first-order valence-electron chi connectivity index (χ1n) is 10.0. The third-order valence-corrected chi connectivity index (χ3v) is 5.30. The zero-order valence-electron chi connectivity index (χ0n) is 17.3. The quantitative estimate of drug-likeness (QED) is 0.560. The van der Waals surface area contributed by atoms with Crippen LogP contribution in [-0.4, -0.2) is 47.3 Å². The van der Waals surface area contributed by atoms with Crippen LogP contribution in [0, 0.1) is 13.8 Å². The van der Waals surface area contributed by atoms with Crippen LogP contribution < -0.4 is 14.9 Å². The van der Waals surface area contributed by atoms with Crippen molar-refractivity contribution in [2.45, 2.75) is 39.3 Å². The lowest BCUT2D eigenvalue weighted by Gasteiger charge is -2.27. The molecule has 2 aliphatic heterocycles. The van der Waals surface area contributed by atoms with E-state index < -0.39 is 12.6 Å². The Morgan fingerprint density at radius 1 is 1.23 bits per heavy atom. The van der Waals surface area contributed by atoms with Crippen molar-refractivity contribution in [3.63, 3.8) is 0 Å². The molecule has 0 bridgehead atoms. The maximum atomic E-state index is 12.7. The normalized spacial score (nSPS) is 17.5. The van der Waals surface area contributed by atoms with Crippen LogP contribution in [0.25, 0.3) is 0 Å². The van der Waals surface area contributed by atoms with Gasteiger partial charge in [-0.05, 0) is 32.0 Å². The Balaban J connectivity index is 1.39. The Hall–Kier alpha value is -3.62. The summed E-state index contributed by atoms with van der Waals surface area (Å²) in [5.41, 5.74) is 4.49. The molecule has 9 heteroatoms. The molecule has 2 aromatic rings. The Kier molecular flexibility index (Phi) is 5.75. The first-order chi connectivity index (χ1) is 14.9. The molecule has 0 aliphatic carbocycles. The van der Waals surface area contributed by atoms with Crippen LogP contribution in [0.1, 0.15) is 34.6 Å². The van der Waals surface area contributed by atoms with Gasteiger partial charge in [0.15, 0.2) is 24.2 Å². The molecule has 0 saturated heterocycles. The van der Waals surface area contributed by atoms with Gasteiger partial charge in [-0.2, -0.15) is 5.10 Å². The van der Waals surface area contributed by atoms with E-state index in [1.165, 1.54) is 0 Å². The molecule has 162 valence electrons. The fourth-order valence-electron chi connectivity index (χ4n) is 3.63. The van der Waals surface area contributed by atoms with E-state index in [2.05, 4.69) is 10.5 Å². The Morgan fingerprint density at radius 3 is 2.74 bits per heavy atom. The van der Waals surface area contributed by atoms with E-state index in [1.54, 1.807) is 6.07 Å². The maximum absolute atomic E-state index is 12.7. The second kappa shape index (κ2) is 8.63. The first kappa shape index (κ1) is 20.6. The number of nitrogens with zero attached hydrogens (tertiary/aromatic N) is 2. The van der Waals surface area contributed by atoms with Crippen molar-refractivity contribution >= 4 is 23.4 Å². The van der Waals surface area contributed by atoms with Gasteiger partial charge in [-0.3, -0.25) is 9.59 Å². The predicted octanol–water partition coefficient (Wildman–Crippen LogP) is 1.94. The number of fused-ring (bicyclic) bond motifs is 1. The Morgan fingerprint density at radius 2 is 2.00 bits per heavy atom. The first-order valence-corrected chi connectivity index (χ1v) is 10.0. The van der Waals surface area contributed by atoms with Crippen molar-refractivity contribution in [3.8, 4) is 11.5 Å². The highest BCUT2D eigenvalue weighted by atomic mass is 16.6. The Bertz CT molecular complexity index is 1070. The number of rotatable bonds is 6. The number of esters is 1. The van der Waals surface area contributed by atoms with Crippen LogP contribution in [0.5, 0.6) is 11.5 Å². The summed E-state index contributed by atoms with van der Waals surface area (Å²) in [6, 6.07) is 9.29. The van der Waals surface area contributed by atoms with Crippen molar-refractivity contribution in [1.29, 1.82) is 0 Å². The molecule has 0 unspecified atom stereocenters. The van der Waals surface area contributed by atoms with Crippen molar-refractivity contribution in [3.05, 3.63) is 47.3 Å². The molecule has 1 N–H and O–H groups in total. The summed E-state index contributed by atoms with van der Waals surface area (Å²) in [5.74, 6) is 0.162. The number of ether oxygens (including phenoxy) is 3. The maximum Gasteiger partial charge on any atom is 0.354 e. The van der Waals surface area contributed by atoms with Gasteiger partial charge in [0, 0.05) is 29.8 Å². The Labute approximate surface area is 179 Å². The van der Waals surface area contributed by atoms with Crippen molar-refractivity contribution < 1.29 is 28.6 Å². The van der Waals surface area contributed by atoms with Gasteiger partial charge in [0.05, 0.1) is 6.54 Å². The lowest BCUT2D eigenvalue weighted by Crippen LogP contribution is -2.33. The molecule has 0 spiro atoms.